The van der Waals surface area contributed by atoms with Gasteiger partial charge in [-0.2, -0.15) is 5.10 Å². The van der Waals surface area contributed by atoms with Gasteiger partial charge < -0.3 is 4.74 Å². The van der Waals surface area contributed by atoms with Crippen LogP contribution >= 0.6 is 22.6 Å². The first-order valence-electron chi connectivity index (χ1n) is 10.2. The minimum atomic E-state index is -3.99. The lowest BCUT2D eigenvalue weighted by atomic mass is 10.1. The molecule has 0 saturated heterocycles. The third-order valence-corrected chi connectivity index (χ3v) is 7.10. The van der Waals surface area contributed by atoms with Crippen LogP contribution in [0.3, 0.4) is 0 Å². The molecule has 172 valence electrons. The largest absolute Gasteiger partial charge is 0.494 e. The van der Waals surface area contributed by atoms with Crippen molar-refractivity contribution in [2.24, 2.45) is 5.10 Å². The Hall–Kier alpha value is -2.92. The number of anilines is 1. The highest BCUT2D eigenvalue weighted by Crippen LogP contribution is 2.25. The van der Waals surface area contributed by atoms with Crippen molar-refractivity contribution in [3.05, 3.63) is 88.0 Å². The lowest BCUT2D eigenvalue weighted by molar-refractivity contribution is -0.119. The summed E-state index contributed by atoms with van der Waals surface area (Å²) in [6.07, 6.45) is 0. The Balaban J connectivity index is 1.86. The summed E-state index contributed by atoms with van der Waals surface area (Å²) in [5, 5.41) is 4.15. The number of rotatable bonds is 9. The molecule has 3 aromatic rings. The van der Waals surface area contributed by atoms with Crippen LogP contribution in [-0.4, -0.2) is 33.2 Å². The van der Waals surface area contributed by atoms with Crippen molar-refractivity contribution in [2.45, 2.75) is 18.7 Å². The molecule has 0 aliphatic heterocycles. The normalized spacial score (nSPS) is 11.7. The van der Waals surface area contributed by atoms with Gasteiger partial charge in [-0.25, -0.2) is 13.8 Å². The number of amides is 1. The van der Waals surface area contributed by atoms with E-state index >= 15 is 0 Å². The van der Waals surface area contributed by atoms with Gasteiger partial charge in [0.25, 0.3) is 15.9 Å². The number of hydrazone groups is 1. The van der Waals surface area contributed by atoms with E-state index in [0.717, 1.165) is 13.4 Å². The molecule has 0 fully saturated rings. The van der Waals surface area contributed by atoms with Crippen LogP contribution in [0.5, 0.6) is 5.75 Å². The number of benzene rings is 3. The molecule has 0 aliphatic rings. The van der Waals surface area contributed by atoms with Gasteiger partial charge in [0.2, 0.25) is 0 Å². The Morgan fingerprint density at radius 3 is 2.36 bits per heavy atom. The van der Waals surface area contributed by atoms with Crippen molar-refractivity contribution in [1.82, 2.24) is 5.43 Å². The standard InChI is InChI=1S/C24H24IN3O4S/c1-3-32-22-14-12-21(13-15-22)28(33(30,31)23-10-5-4-6-11-23)17-24(29)27-26-18(2)19-8-7-9-20(25)16-19/h4-16H,3,17H2,1-2H3,(H,27,29)/b26-18-. The van der Waals surface area contributed by atoms with E-state index in [1.807, 2.05) is 31.2 Å². The van der Waals surface area contributed by atoms with Crippen molar-refractivity contribution in [2.75, 3.05) is 17.5 Å². The van der Waals surface area contributed by atoms with Crippen molar-refractivity contribution in [3.8, 4) is 5.75 Å². The van der Waals surface area contributed by atoms with Gasteiger partial charge in [-0.15, -0.1) is 0 Å². The number of carbonyl (C=O) groups is 1. The van der Waals surface area contributed by atoms with Crippen molar-refractivity contribution >= 4 is 49.9 Å². The SMILES string of the molecule is CCOc1ccc(N(CC(=O)N/N=C(/C)c2cccc(I)c2)S(=O)(=O)c2ccccc2)cc1. The fraction of sp³-hybridized carbons (Fsp3) is 0.167. The predicted molar refractivity (Wildman–Crippen MR) is 138 cm³/mol. The molecule has 0 saturated carbocycles. The molecular weight excluding hydrogens is 553 g/mol. The summed E-state index contributed by atoms with van der Waals surface area (Å²) in [6, 6.07) is 22.2. The fourth-order valence-electron chi connectivity index (χ4n) is 3.00. The summed E-state index contributed by atoms with van der Waals surface area (Å²) < 4.78 is 34.3. The summed E-state index contributed by atoms with van der Waals surface area (Å²) in [5.74, 6) is 0.0499. The Labute approximate surface area is 207 Å². The van der Waals surface area contributed by atoms with Crippen LogP contribution in [0, 0.1) is 3.57 Å². The quantitative estimate of drug-likeness (QED) is 0.232. The Bertz CT molecular complexity index is 1230. The Morgan fingerprint density at radius 2 is 1.73 bits per heavy atom. The first-order chi connectivity index (χ1) is 15.8. The number of halogens is 1. The van der Waals surface area contributed by atoms with Crippen molar-refractivity contribution < 1.29 is 17.9 Å². The summed E-state index contributed by atoms with van der Waals surface area (Å²) in [7, 11) is -3.99. The monoisotopic (exact) mass is 577 g/mol. The van der Waals surface area contributed by atoms with Gasteiger partial charge in [0.05, 0.1) is 22.9 Å². The second-order valence-corrected chi connectivity index (χ2v) is 10.1. The highest BCUT2D eigenvalue weighted by atomic mass is 127. The summed E-state index contributed by atoms with van der Waals surface area (Å²) in [6.45, 7) is 3.69. The van der Waals surface area contributed by atoms with Crippen LogP contribution < -0.4 is 14.5 Å². The molecule has 1 N–H and O–H groups in total. The van der Waals surface area contributed by atoms with Crippen LogP contribution in [0.15, 0.2) is 88.9 Å². The van der Waals surface area contributed by atoms with E-state index in [1.165, 1.54) is 12.1 Å². The summed E-state index contributed by atoms with van der Waals surface area (Å²) in [5.41, 5.74) is 4.29. The zero-order chi connectivity index (χ0) is 23.8. The molecule has 0 radical (unpaired) electrons. The molecule has 0 bridgehead atoms. The van der Waals surface area contributed by atoms with Crippen LogP contribution in [0.25, 0.3) is 0 Å². The molecule has 0 unspecified atom stereocenters. The number of hydrogen-bond donors (Lipinski definition) is 1. The van der Waals surface area contributed by atoms with Crippen molar-refractivity contribution in [1.29, 1.82) is 0 Å². The van der Waals surface area contributed by atoms with Crippen LogP contribution in [-0.2, 0) is 14.8 Å². The number of nitrogens with one attached hydrogen (secondary N) is 1. The molecule has 3 aromatic carbocycles. The third kappa shape index (κ3) is 6.55. The molecule has 0 aromatic heterocycles. The minimum absolute atomic E-state index is 0.0882. The van der Waals surface area contributed by atoms with Gasteiger partial charge in [0.1, 0.15) is 12.3 Å². The second kappa shape index (κ2) is 11.3. The van der Waals surface area contributed by atoms with E-state index in [2.05, 4.69) is 33.1 Å². The molecule has 9 heteroatoms. The van der Waals surface area contributed by atoms with E-state index in [0.29, 0.717) is 23.8 Å². The molecule has 1 amide bonds. The number of sulfonamides is 1. The maximum Gasteiger partial charge on any atom is 0.264 e. The molecule has 0 spiro atoms. The van der Waals surface area contributed by atoms with Gasteiger partial charge >= 0.3 is 0 Å². The summed E-state index contributed by atoms with van der Waals surface area (Å²) >= 11 is 2.20. The van der Waals surface area contributed by atoms with Crippen LogP contribution in [0.4, 0.5) is 5.69 Å². The van der Waals surface area contributed by atoms with E-state index in [4.69, 9.17) is 4.74 Å². The van der Waals surface area contributed by atoms with Gasteiger partial charge in [0, 0.05) is 3.57 Å². The maximum atomic E-state index is 13.4. The molecular formula is C24H24IN3O4S. The van der Waals surface area contributed by atoms with E-state index < -0.39 is 22.5 Å². The smallest absolute Gasteiger partial charge is 0.264 e. The average Bonchev–Trinajstić information content (AvgIpc) is 2.82. The first kappa shape index (κ1) is 24.7. The Kier molecular flexibility index (Phi) is 8.45. The van der Waals surface area contributed by atoms with Gasteiger partial charge in [-0.1, -0.05) is 30.3 Å². The van der Waals surface area contributed by atoms with Crippen molar-refractivity contribution in [3.63, 3.8) is 0 Å². The van der Waals surface area contributed by atoms with E-state index in [-0.39, 0.29) is 4.90 Å². The molecule has 0 heterocycles. The van der Waals surface area contributed by atoms with Crippen LogP contribution in [0.1, 0.15) is 19.4 Å². The molecule has 7 nitrogen and oxygen atoms in total. The lowest BCUT2D eigenvalue weighted by Crippen LogP contribution is -2.39. The highest BCUT2D eigenvalue weighted by Gasteiger charge is 2.27. The van der Waals surface area contributed by atoms with Crippen LogP contribution in [0.2, 0.25) is 0 Å². The summed E-state index contributed by atoms with van der Waals surface area (Å²) in [4.78, 5) is 12.8. The van der Waals surface area contributed by atoms with Gasteiger partial charge in [0.15, 0.2) is 0 Å². The molecule has 33 heavy (non-hydrogen) atoms. The first-order valence-corrected chi connectivity index (χ1v) is 12.7. The number of nitrogens with zero attached hydrogens (tertiary/aromatic N) is 2. The minimum Gasteiger partial charge on any atom is -0.494 e. The Morgan fingerprint density at radius 1 is 1.03 bits per heavy atom. The second-order valence-electron chi connectivity index (χ2n) is 6.99. The van der Waals surface area contributed by atoms with E-state index in [9.17, 15) is 13.2 Å². The average molecular weight is 577 g/mol. The maximum absolute atomic E-state index is 13.4. The zero-order valence-corrected chi connectivity index (χ0v) is 21.2. The van der Waals surface area contributed by atoms with Gasteiger partial charge in [-0.05, 0) is 90.5 Å². The topological polar surface area (TPSA) is 88.1 Å². The van der Waals surface area contributed by atoms with Gasteiger partial charge in [-0.3, -0.25) is 9.10 Å². The molecule has 3 rings (SSSR count). The fourth-order valence-corrected chi connectivity index (χ4v) is 4.99. The number of ether oxygens (including phenoxy) is 1. The number of carbonyl (C=O) groups excluding carboxylic acids is 1. The zero-order valence-electron chi connectivity index (χ0n) is 18.2. The third-order valence-electron chi connectivity index (χ3n) is 4.64. The predicted octanol–water partition coefficient (Wildman–Crippen LogP) is 4.43. The highest BCUT2D eigenvalue weighted by molar-refractivity contribution is 14.1. The lowest BCUT2D eigenvalue weighted by Gasteiger charge is -2.24. The van der Waals surface area contributed by atoms with E-state index in [1.54, 1.807) is 49.4 Å². The molecule has 0 atom stereocenters. The molecule has 0 aliphatic carbocycles. The number of hydrogen-bond acceptors (Lipinski definition) is 5.